The quantitative estimate of drug-likeness (QED) is 0.740. The van der Waals surface area contributed by atoms with Crippen LogP contribution in [0.2, 0.25) is 0 Å². The van der Waals surface area contributed by atoms with E-state index in [0.29, 0.717) is 0 Å². The van der Waals surface area contributed by atoms with Crippen LogP contribution in [0.25, 0.3) is 0 Å². The topological polar surface area (TPSA) is 67.4 Å². The van der Waals surface area contributed by atoms with Crippen LogP contribution in [0.5, 0.6) is 0 Å². The van der Waals surface area contributed by atoms with Crippen molar-refractivity contribution >= 4 is 23.3 Å². The normalized spacial score (nSPS) is 12.3. The van der Waals surface area contributed by atoms with Crippen LogP contribution < -0.4 is 10.6 Å². The highest BCUT2D eigenvalue weighted by Crippen LogP contribution is 2.27. The van der Waals surface area contributed by atoms with E-state index >= 15 is 0 Å². The number of hydrogen-bond donors (Lipinski definition) is 2. The SMILES string of the molecule is Cc1ccsc1C(Cc1ccccc1)NC(=O)CCNC(=O)OC(C)(C)C. The van der Waals surface area contributed by atoms with Gasteiger partial charge in [0.25, 0.3) is 0 Å². The molecule has 0 radical (unpaired) electrons. The first-order valence-corrected chi connectivity index (χ1v) is 9.96. The molecule has 5 nitrogen and oxygen atoms in total. The van der Waals surface area contributed by atoms with E-state index in [9.17, 15) is 9.59 Å². The molecule has 1 atom stereocenters. The second-order valence-electron chi connectivity index (χ2n) is 7.46. The van der Waals surface area contributed by atoms with E-state index in [-0.39, 0.29) is 24.9 Å². The Balaban J connectivity index is 1.92. The van der Waals surface area contributed by atoms with E-state index in [1.807, 2.05) is 23.6 Å². The molecule has 146 valence electrons. The van der Waals surface area contributed by atoms with Crippen molar-refractivity contribution in [2.45, 2.75) is 52.2 Å². The van der Waals surface area contributed by atoms with Crippen molar-refractivity contribution in [1.82, 2.24) is 10.6 Å². The Labute approximate surface area is 165 Å². The molecule has 0 bridgehead atoms. The maximum Gasteiger partial charge on any atom is 0.407 e. The molecule has 1 unspecified atom stereocenters. The number of aryl methyl sites for hydroxylation is 1. The second-order valence-corrected chi connectivity index (χ2v) is 8.40. The fourth-order valence-corrected chi connectivity index (χ4v) is 3.64. The molecule has 2 amide bonds. The van der Waals surface area contributed by atoms with Crippen LogP contribution in [0.15, 0.2) is 41.8 Å². The van der Waals surface area contributed by atoms with Gasteiger partial charge >= 0.3 is 6.09 Å². The average Bonchev–Trinajstić information content (AvgIpc) is 2.99. The molecule has 0 fully saturated rings. The lowest BCUT2D eigenvalue weighted by molar-refractivity contribution is -0.121. The summed E-state index contributed by atoms with van der Waals surface area (Å²) in [7, 11) is 0. The lowest BCUT2D eigenvalue weighted by Crippen LogP contribution is -2.36. The van der Waals surface area contributed by atoms with Gasteiger partial charge in [-0.2, -0.15) is 0 Å². The molecular weight excluding hydrogens is 360 g/mol. The van der Waals surface area contributed by atoms with E-state index in [1.165, 1.54) is 11.1 Å². The summed E-state index contributed by atoms with van der Waals surface area (Å²) in [6.45, 7) is 7.70. The highest BCUT2D eigenvalue weighted by Gasteiger charge is 2.19. The zero-order valence-corrected chi connectivity index (χ0v) is 17.2. The molecule has 0 saturated carbocycles. The van der Waals surface area contributed by atoms with E-state index in [1.54, 1.807) is 32.1 Å². The maximum atomic E-state index is 12.4. The predicted molar refractivity (Wildman–Crippen MR) is 109 cm³/mol. The van der Waals surface area contributed by atoms with Gasteiger partial charge in [-0.05, 0) is 56.7 Å². The van der Waals surface area contributed by atoms with Crippen molar-refractivity contribution in [3.8, 4) is 0 Å². The number of amides is 2. The highest BCUT2D eigenvalue weighted by atomic mass is 32.1. The molecule has 2 rings (SSSR count). The molecule has 0 saturated heterocycles. The Morgan fingerprint density at radius 2 is 1.85 bits per heavy atom. The van der Waals surface area contributed by atoms with Crippen molar-refractivity contribution in [3.63, 3.8) is 0 Å². The van der Waals surface area contributed by atoms with E-state index in [0.717, 1.165) is 11.3 Å². The van der Waals surface area contributed by atoms with Crippen molar-refractivity contribution in [3.05, 3.63) is 57.8 Å². The van der Waals surface area contributed by atoms with Gasteiger partial charge in [0.15, 0.2) is 0 Å². The standard InChI is InChI=1S/C21H28N2O3S/c1-15-11-13-27-19(15)17(14-16-8-6-5-7-9-16)23-18(24)10-12-22-20(25)26-21(2,3)4/h5-9,11,13,17H,10,12,14H2,1-4H3,(H,22,25)(H,23,24). The first-order chi connectivity index (χ1) is 12.7. The van der Waals surface area contributed by atoms with Gasteiger partial charge in [-0.3, -0.25) is 4.79 Å². The molecule has 1 heterocycles. The second kappa shape index (κ2) is 9.55. The van der Waals surface area contributed by atoms with Gasteiger partial charge < -0.3 is 15.4 Å². The third-order valence-electron chi connectivity index (χ3n) is 3.86. The molecule has 2 aromatic rings. The number of carbonyl (C=O) groups excluding carboxylic acids is 2. The van der Waals surface area contributed by atoms with Crippen molar-refractivity contribution in [1.29, 1.82) is 0 Å². The molecule has 27 heavy (non-hydrogen) atoms. The minimum Gasteiger partial charge on any atom is -0.444 e. The Bertz CT molecular complexity index is 750. The molecule has 0 aliphatic rings. The third kappa shape index (κ3) is 7.43. The molecule has 0 aliphatic heterocycles. The predicted octanol–water partition coefficient (Wildman–Crippen LogP) is 4.37. The Morgan fingerprint density at radius 3 is 2.44 bits per heavy atom. The van der Waals surface area contributed by atoms with Gasteiger partial charge in [-0.1, -0.05) is 30.3 Å². The molecular formula is C21H28N2O3S. The molecule has 1 aromatic carbocycles. The molecule has 0 spiro atoms. The van der Waals surface area contributed by atoms with Crippen molar-refractivity contribution in [2.75, 3.05) is 6.54 Å². The number of ether oxygens (including phenoxy) is 1. The molecule has 2 N–H and O–H groups in total. The first kappa shape index (κ1) is 21.0. The van der Waals surface area contributed by atoms with Crippen LogP contribution >= 0.6 is 11.3 Å². The molecule has 0 aliphatic carbocycles. The van der Waals surface area contributed by atoms with Crippen molar-refractivity contribution < 1.29 is 14.3 Å². The van der Waals surface area contributed by atoms with Crippen LogP contribution in [-0.4, -0.2) is 24.1 Å². The molecule has 1 aromatic heterocycles. The van der Waals surface area contributed by atoms with Crippen LogP contribution in [0.4, 0.5) is 4.79 Å². The van der Waals surface area contributed by atoms with E-state index < -0.39 is 11.7 Å². The lowest BCUT2D eigenvalue weighted by Gasteiger charge is -2.20. The van der Waals surface area contributed by atoms with Gasteiger partial charge in [-0.25, -0.2) is 4.79 Å². The maximum absolute atomic E-state index is 12.4. The van der Waals surface area contributed by atoms with E-state index in [4.69, 9.17) is 4.74 Å². The van der Waals surface area contributed by atoms with Crippen LogP contribution in [0.3, 0.4) is 0 Å². The van der Waals surface area contributed by atoms with Gasteiger partial charge in [-0.15, -0.1) is 11.3 Å². The smallest absolute Gasteiger partial charge is 0.407 e. The number of nitrogens with one attached hydrogen (secondary N) is 2. The summed E-state index contributed by atoms with van der Waals surface area (Å²) in [4.78, 5) is 25.2. The first-order valence-electron chi connectivity index (χ1n) is 9.09. The van der Waals surface area contributed by atoms with Gasteiger partial charge in [0.2, 0.25) is 5.91 Å². The number of thiophene rings is 1. The highest BCUT2D eigenvalue weighted by molar-refractivity contribution is 7.10. The van der Waals surface area contributed by atoms with Crippen LogP contribution in [0.1, 0.15) is 49.2 Å². The third-order valence-corrected chi connectivity index (χ3v) is 4.99. The number of carbonyl (C=O) groups is 2. The Hall–Kier alpha value is -2.34. The van der Waals surface area contributed by atoms with Gasteiger partial charge in [0, 0.05) is 17.8 Å². The summed E-state index contributed by atoms with van der Waals surface area (Å²) in [5.74, 6) is -0.0974. The summed E-state index contributed by atoms with van der Waals surface area (Å²) in [6, 6.07) is 12.1. The fourth-order valence-electron chi connectivity index (χ4n) is 2.66. The monoisotopic (exact) mass is 388 g/mol. The van der Waals surface area contributed by atoms with Crippen LogP contribution in [-0.2, 0) is 16.0 Å². The molecule has 6 heteroatoms. The average molecular weight is 389 g/mol. The zero-order chi connectivity index (χ0) is 19.9. The minimum atomic E-state index is -0.552. The summed E-state index contributed by atoms with van der Waals surface area (Å²) >= 11 is 1.65. The fraction of sp³-hybridized carbons (Fsp3) is 0.429. The summed E-state index contributed by atoms with van der Waals surface area (Å²) in [5.41, 5.74) is 1.79. The minimum absolute atomic E-state index is 0.0820. The van der Waals surface area contributed by atoms with Crippen LogP contribution in [0, 0.1) is 6.92 Å². The Kier molecular flexibility index (Phi) is 7.42. The van der Waals surface area contributed by atoms with Gasteiger partial charge in [0.1, 0.15) is 5.60 Å². The zero-order valence-electron chi connectivity index (χ0n) is 16.4. The largest absolute Gasteiger partial charge is 0.444 e. The van der Waals surface area contributed by atoms with Gasteiger partial charge in [0.05, 0.1) is 6.04 Å². The number of benzene rings is 1. The summed E-state index contributed by atoms with van der Waals surface area (Å²) in [6.07, 6.45) is 0.424. The Morgan fingerprint density at radius 1 is 1.15 bits per heavy atom. The number of rotatable bonds is 7. The lowest BCUT2D eigenvalue weighted by atomic mass is 10.0. The number of alkyl carbamates (subject to hydrolysis) is 1. The number of hydrogen-bond acceptors (Lipinski definition) is 4. The van der Waals surface area contributed by atoms with Crippen molar-refractivity contribution in [2.24, 2.45) is 0 Å². The van der Waals surface area contributed by atoms with E-state index in [2.05, 4.69) is 35.8 Å². The summed E-state index contributed by atoms with van der Waals surface area (Å²) < 4.78 is 5.17. The summed E-state index contributed by atoms with van der Waals surface area (Å²) in [5, 5.41) is 7.77.